The molecule has 0 aliphatic carbocycles. The van der Waals surface area contributed by atoms with E-state index in [0.29, 0.717) is 0 Å². The molecule has 0 saturated heterocycles. The molecule has 2 nitrogen and oxygen atoms in total. The number of aryl methyl sites for hydroxylation is 1. The summed E-state index contributed by atoms with van der Waals surface area (Å²) in [5.41, 5.74) is 3.37. The van der Waals surface area contributed by atoms with Gasteiger partial charge in [0.25, 0.3) is 0 Å². The fourth-order valence-electron chi connectivity index (χ4n) is 3.27. The molecule has 0 unspecified atom stereocenters. The van der Waals surface area contributed by atoms with Gasteiger partial charge >= 0.3 is 0 Å². The van der Waals surface area contributed by atoms with Crippen LogP contribution in [0.3, 0.4) is 0 Å². The summed E-state index contributed by atoms with van der Waals surface area (Å²) in [4.78, 5) is 0. The average molecular weight is 383 g/mol. The summed E-state index contributed by atoms with van der Waals surface area (Å²) in [6.07, 6.45) is 7.21. The van der Waals surface area contributed by atoms with Gasteiger partial charge in [0.15, 0.2) is 0 Å². The van der Waals surface area contributed by atoms with Crippen LogP contribution in [0, 0.1) is 0 Å². The van der Waals surface area contributed by atoms with Crippen molar-refractivity contribution < 1.29 is 9.15 Å². The highest BCUT2D eigenvalue weighted by molar-refractivity contribution is 6.30. The highest BCUT2D eigenvalue weighted by atomic mass is 35.5. The molecule has 0 atom stereocenters. The van der Waals surface area contributed by atoms with Gasteiger partial charge in [-0.1, -0.05) is 56.3 Å². The number of methoxy groups -OCH3 is 1. The van der Waals surface area contributed by atoms with Crippen LogP contribution in [0.1, 0.15) is 44.8 Å². The minimum Gasteiger partial charge on any atom is -0.497 e. The lowest BCUT2D eigenvalue weighted by Crippen LogP contribution is -1.88. The number of hydrogen-bond donors (Lipinski definition) is 0. The van der Waals surface area contributed by atoms with Crippen LogP contribution < -0.4 is 4.74 Å². The summed E-state index contributed by atoms with van der Waals surface area (Å²) in [5, 5.41) is 0.733. The number of unbranched alkanes of at least 4 members (excludes halogenated alkanes) is 4. The van der Waals surface area contributed by atoms with Gasteiger partial charge in [-0.25, -0.2) is 0 Å². The van der Waals surface area contributed by atoms with E-state index in [9.17, 15) is 0 Å². The maximum atomic E-state index is 6.28. The minimum absolute atomic E-state index is 0.733. The zero-order valence-electron chi connectivity index (χ0n) is 16.1. The summed E-state index contributed by atoms with van der Waals surface area (Å²) >= 11 is 6.03. The first kappa shape index (κ1) is 19.6. The van der Waals surface area contributed by atoms with Crippen LogP contribution in [-0.4, -0.2) is 7.11 Å². The molecule has 0 amide bonds. The van der Waals surface area contributed by atoms with Gasteiger partial charge in [-0.05, 0) is 54.4 Å². The average Bonchev–Trinajstić information content (AvgIpc) is 3.12. The zero-order chi connectivity index (χ0) is 19.1. The number of halogens is 1. The van der Waals surface area contributed by atoms with E-state index in [4.69, 9.17) is 20.8 Å². The summed E-state index contributed by atoms with van der Waals surface area (Å²) in [7, 11) is 1.69. The Balaban J connectivity index is 1.86. The van der Waals surface area contributed by atoms with Crippen LogP contribution in [0.15, 0.2) is 59.0 Å². The van der Waals surface area contributed by atoms with Crippen LogP contribution >= 0.6 is 11.6 Å². The normalized spacial score (nSPS) is 10.9. The van der Waals surface area contributed by atoms with Crippen molar-refractivity contribution in [3.63, 3.8) is 0 Å². The molecule has 0 N–H and O–H groups in total. The molecule has 3 heteroatoms. The van der Waals surface area contributed by atoms with Crippen LogP contribution in [-0.2, 0) is 6.42 Å². The molecule has 3 rings (SSSR count). The molecule has 0 spiro atoms. The molecule has 0 aliphatic rings. The molecule has 27 heavy (non-hydrogen) atoms. The number of rotatable bonds is 9. The SMILES string of the molecule is CCCCCCCc1oc(-c2ccc(Cl)cc2)cc1-c1ccc(OC)cc1. The Kier molecular flexibility index (Phi) is 7.00. The fraction of sp³-hybridized carbons (Fsp3) is 0.333. The van der Waals surface area contributed by atoms with Gasteiger partial charge in [-0.2, -0.15) is 0 Å². The van der Waals surface area contributed by atoms with Gasteiger partial charge in [0, 0.05) is 22.6 Å². The van der Waals surface area contributed by atoms with E-state index < -0.39 is 0 Å². The second kappa shape index (κ2) is 9.66. The van der Waals surface area contributed by atoms with E-state index in [2.05, 4.69) is 25.1 Å². The zero-order valence-corrected chi connectivity index (χ0v) is 16.9. The van der Waals surface area contributed by atoms with Crippen molar-refractivity contribution in [2.45, 2.75) is 45.4 Å². The lowest BCUT2D eigenvalue weighted by atomic mass is 10.0. The number of ether oxygens (including phenoxy) is 1. The highest BCUT2D eigenvalue weighted by Crippen LogP contribution is 2.34. The summed E-state index contributed by atoms with van der Waals surface area (Å²) in [6, 6.07) is 18.1. The quantitative estimate of drug-likeness (QED) is 0.352. The number of benzene rings is 2. The summed E-state index contributed by atoms with van der Waals surface area (Å²) in [5.74, 6) is 2.81. The van der Waals surface area contributed by atoms with Gasteiger partial charge in [0.2, 0.25) is 0 Å². The summed E-state index contributed by atoms with van der Waals surface area (Å²) in [6.45, 7) is 2.24. The summed E-state index contributed by atoms with van der Waals surface area (Å²) < 4.78 is 11.6. The fourth-order valence-corrected chi connectivity index (χ4v) is 3.40. The van der Waals surface area contributed by atoms with Crippen molar-refractivity contribution in [1.29, 1.82) is 0 Å². The lowest BCUT2D eigenvalue weighted by molar-refractivity contribution is 0.415. The van der Waals surface area contributed by atoms with Crippen molar-refractivity contribution in [3.8, 4) is 28.2 Å². The Morgan fingerprint density at radius 2 is 1.52 bits per heavy atom. The van der Waals surface area contributed by atoms with Crippen molar-refractivity contribution in [2.75, 3.05) is 7.11 Å². The third-order valence-corrected chi connectivity index (χ3v) is 5.10. The second-order valence-corrected chi connectivity index (χ2v) is 7.28. The first-order valence-corrected chi connectivity index (χ1v) is 10.1. The van der Waals surface area contributed by atoms with Gasteiger partial charge in [0.1, 0.15) is 17.3 Å². The third-order valence-electron chi connectivity index (χ3n) is 4.85. The van der Waals surface area contributed by atoms with Crippen LogP contribution in [0.5, 0.6) is 5.75 Å². The van der Waals surface area contributed by atoms with E-state index in [1.807, 2.05) is 36.4 Å². The maximum absolute atomic E-state index is 6.28. The van der Waals surface area contributed by atoms with E-state index in [1.54, 1.807) is 7.11 Å². The molecular weight excluding hydrogens is 356 g/mol. The molecule has 1 aromatic heterocycles. The maximum Gasteiger partial charge on any atom is 0.134 e. The van der Waals surface area contributed by atoms with E-state index in [1.165, 1.54) is 25.7 Å². The third kappa shape index (κ3) is 5.17. The number of hydrogen-bond acceptors (Lipinski definition) is 2. The Labute approximate surface area is 167 Å². The first-order valence-electron chi connectivity index (χ1n) is 9.74. The molecule has 0 saturated carbocycles. The molecule has 2 aromatic carbocycles. The standard InChI is InChI=1S/C24H27ClO2/c1-3-4-5-6-7-8-23-22(18-11-15-21(26-2)16-12-18)17-24(27-23)19-9-13-20(25)14-10-19/h9-17H,3-8H2,1-2H3. The molecule has 0 aliphatic heterocycles. The van der Waals surface area contributed by atoms with E-state index in [0.717, 1.165) is 51.8 Å². The van der Waals surface area contributed by atoms with E-state index >= 15 is 0 Å². The molecule has 0 fully saturated rings. The van der Waals surface area contributed by atoms with Crippen LogP contribution in [0.25, 0.3) is 22.5 Å². The second-order valence-electron chi connectivity index (χ2n) is 6.85. The molecule has 3 aromatic rings. The predicted octanol–water partition coefficient (Wildman–Crippen LogP) is 7.79. The monoisotopic (exact) mass is 382 g/mol. The van der Waals surface area contributed by atoms with Crippen molar-refractivity contribution in [3.05, 3.63) is 65.4 Å². The lowest BCUT2D eigenvalue weighted by Gasteiger charge is -2.05. The van der Waals surface area contributed by atoms with Crippen molar-refractivity contribution in [1.82, 2.24) is 0 Å². The Morgan fingerprint density at radius 1 is 0.852 bits per heavy atom. The van der Waals surface area contributed by atoms with E-state index in [-0.39, 0.29) is 0 Å². The molecular formula is C24H27ClO2. The molecule has 0 bridgehead atoms. The Bertz CT molecular complexity index is 832. The first-order chi connectivity index (χ1) is 13.2. The van der Waals surface area contributed by atoms with Crippen LogP contribution in [0.2, 0.25) is 5.02 Å². The molecule has 1 heterocycles. The number of furan rings is 1. The van der Waals surface area contributed by atoms with Crippen molar-refractivity contribution in [2.24, 2.45) is 0 Å². The van der Waals surface area contributed by atoms with Gasteiger partial charge in [-0.15, -0.1) is 0 Å². The van der Waals surface area contributed by atoms with Gasteiger partial charge in [-0.3, -0.25) is 0 Å². The topological polar surface area (TPSA) is 22.4 Å². The predicted molar refractivity (Wildman–Crippen MR) is 114 cm³/mol. The molecule has 142 valence electrons. The Morgan fingerprint density at radius 3 is 2.19 bits per heavy atom. The van der Waals surface area contributed by atoms with Gasteiger partial charge in [0.05, 0.1) is 7.11 Å². The smallest absolute Gasteiger partial charge is 0.134 e. The largest absolute Gasteiger partial charge is 0.497 e. The highest BCUT2D eigenvalue weighted by Gasteiger charge is 2.14. The molecule has 0 radical (unpaired) electrons. The Hall–Kier alpha value is -2.19. The van der Waals surface area contributed by atoms with Crippen molar-refractivity contribution >= 4 is 11.6 Å². The minimum atomic E-state index is 0.733. The van der Waals surface area contributed by atoms with Gasteiger partial charge < -0.3 is 9.15 Å². The van der Waals surface area contributed by atoms with Crippen LogP contribution in [0.4, 0.5) is 0 Å².